The lowest BCUT2D eigenvalue weighted by atomic mass is 10.2. The summed E-state index contributed by atoms with van der Waals surface area (Å²) in [6, 6.07) is 4.89. The molecule has 0 aliphatic carbocycles. The summed E-state index contributed by atoms with van der Waals surface area (Å²) < 4.78 is 16.4. The van der Waals surface area contributed by atoms with Gasteiger partial charge >= 0.3 is 0 Å². The third kappa shape index (κ3) is 4.92. The molecule has 3 aromatic rings. The number of rotatable bonds is 9. The first kappa shape index (κ1) is 21.2. The van der Waals surface area contributed by atoms with Crippen LogP contribution in [0.2, 0.25) is 0 Å². The van der Waals surface area contributed by atoms with Crippen LogP contribution in [0.3, 0.4) is 0 Å². The van der Waals surface area contributed by atoms with E-state index < -0.39 is 11.8 Å². The third-order valence-electron chi connectivity index (χ3n) is 3.77. The van der Waals surface area contributed by atoms with Gasteiger partial charge in [0.05, 0.1) is 18.5 Å². The second kappa shape index (κ2) is 9.34. The number of benzene rings is 1. The highest BCUT2D eigenvalue weighted by atomic mass is 16.6. The molecule has 0 spiro atoms. The molecule has 3 rings (SSSR count). The number of nitrogens with zero attached hydrogens (tertiary/aromatic N) is 6. The van der Waals surface area contributed by atoms with Crippen molar-refractivity contribution in [1.82, 2.24) is 30.7 Å². The normalized spacial score (nSPS) is 10.9. The third-order valence-corrected chi connectivity index (χ3v) is 3.77. The Balaban J connectivity index is 1.74. The molecule has 31 heavy (non-hydrogen) atoms. The summed E-state index contributed by atoms with van der Waals surface area (Å²) in [6.07, 6.45) is 1.40. The summed E-state index contributed by atoms with van der Waals surface area (Å²) in [7, 11) is 0. The van der Waals surface area contributed by atoms with Gasteiger partial charge in [-0.2, -0.15) is 9.78 Å². The topological polar surface area (TPSA) is 199 Å². The number of ether oxygens (including phenoxy) is 2. The molecular weight excluding hydrogens is 410 g/mol. The summed E-state index contributed by atoms with van der Waals surface area (Å²) in [5.74, 6) is -0.486. The van der Waals surface area contributed by atoms with E-state index in [1.807, 2.05) is 0 Å². The Morgan fingerprint density at radius 1 is 1.29 bits per heavy atom. The van der Waals surface area contributed by atoms with Crippen molar-refractivity contribution in [2.75, 3.05) is 18.9 Å². The van der Waals surface area contributed by atoms with Crippen LogP contribution in [0.1, 0.15) is 28.7 Å². The van der Waals surface area contributed by atoms with Gasteiger partial charge in [-0.15, -0.1) is 5.10 Å². The Labute approximate surface area is 175 Å². The molecule has 14 nitrogen and oxygen atoms in total. The highest BCUT2D eigenvalue weighted by Crippen LogP contribution is 2.28. The fraction of sp³-hybridized carbons (Fsp3) is 0.235. The number of nitrogens with two attached hydrogens (primary N) is 2. The Kier molecular flexibility index (Phi) is 6.39. The molecule has 0 saturated carbocycles. The minimum atomic E-state index is -0.608. The summed E-state index contributed by atoms with van der Waals surface area (Å²) in [4.78, 5) is 23.5. The smallest absolute Gasteiger partial charge is 0.292 e. The van der Waals surface area contributed by atoms with Crippen molar-refractivity contribution in [2.24, 2.45) is 10.8 Å². The van der Waals surface area contributed by atoms with Crippen LogP contribution in [0.5, 0.6) is 11.5 Å². The van der Waals surface area contributed by atoms with E-state index in [-0.39, 0.29) is 23.9 Å². The molecule has 1 aromatic carbocycles. The van der Waals surface area contributed by atoms with Crippen molar-refractivity contribution in [1.29, 1.82) is 0 Å². The van der Waals surface area contributed by atoms with Gasteiger partial charge in [-0.25, -0.2) is 10.1 Å². The summed E-state index contributed by atoms with van der Waals surface area (Å²) in [5.41, 5.74) is 14.1. The van der Waals surface area contributed by atoms with E-state index in [2.05, 4.69) is 35.8 Å². The number of nitrogen functional groups attached to an aromatic ring is 1. The minimum absolute atomic E-state index is 0.0302. The summed E-state index contributed by atoms with van der Waals surface area (Å²) >= 11 is 0. The van der Waals surface area contributed by atoms with Crippen molar-refractivity contribution in [2.45, 2.75) is 13.8 Å². The molecule has 0 bridgehead atoms. The van der Waals surface area contributed by atoms with E-state index in [0.29, 0.717) is 29.4 Å². The first-order chi connectivity index (χ1) is 14.9. The fourth-order valence-corrected chi connectivity index (χ4v) is 2.46. The van der Waals surface area contributed by atoms with Gasteiger partial charge in [0.15, 0.2) is 23.8 Å². The number of hydrazone groups is 1. The van der Waals surface area contributed by atoms with Crippen LogP contribution in [0, 0.1) is 6.92 Å². The quantitative estimate of drug-likeness (QED) is 0.296. The number of primary amides is 1. The number of hydrogen-bond acceptors (Lipinski definition) is 11. The van der Waals surface area contributed by atoms with E-state index in [1.165, 1.54) is 6.21 Å². The van der Waals surface area contributed by atoms with E-state index in [1.54, 1.807) is 32.0 Å². The summed E-state index contributed by atoms with van der Waals surface area (Å²) in [5, 5.41) is 18.7. The lowest BCUT2D eigenvalue weighted by Gasteiger charge is -2.11. The molecule has 2 amide bonds. The molecule has 0 fully saturated rings. The van der Waals surface area contributed by atoms with Crippen LogP contribution in [-0.2, 0) is 4.79 Å². The predicted molar refractivity (Wildman–Crippen MR) is 106 cm³/mol. The van der Waals surface area contributed by atoms with Crippen LogP contribution >= 0.6 is 0 Å². The molecule has 162 valence electrons. The molecule has 0 aliphatic rings. The van der Waals surface area contributed by atoms with Crippen LogP contribution < -0.4 is 26.4 Å². The van der Waals surface area contributed by atoms with Crippen LogP contribution in [0.25, 0.3) is 5.82 Å². The van der Waals surface area contributed by atoms with Gasteiger partial charge in [-0.3, -0.25) is 9.59 Å². The lowest BCUT2D eigenvalue weighted by Crippen LogP contribution is -2.22. The molecule has 0 unspecified atom stereocenters. The maximum Gasteiger partial charge on any atom is 0.292 e. The van der Waals surface area contributed by atoms with Gasteiger partial charge < -0.3 is 20.9 Å². The molecule has 14 heteroatoms. The largest absolute Gasteiger partial charge is 0.490 e. The molecule has 0 radical (unpaired) electrons. The molecule has 0 saturated heterocycles. The first-order valence-corrected chi connectivity index (χ1v) is 8.92. The van der Waals surface area contributed by atoms with Crippen LogP contribution in [0.15, 0.2) is 27.9 Å². The van der Waals surface area contributed by atoms with Gasteiger partial charge in [-0.05, 0) is 47.9 Å². The van der Waals surface area contributed by atoms with Crippen LogP contribution in [-0.4, -0.2) is 56.5 Å². The Bertz CT molecular complexity index is 1120. The Hall–Kier alpha value is -4.49. The monoisotopic (exact) mass is 429 g/mol. The van der Waals surface area contributed by atoms with E-state index in [9.17, 15) is 9.59 Å². The predicted octanol–water partition coefficient (Wildman–Crippen LogP) is -0.432. The number of hydrogen-bond donors (Lipinski definition) is 3. The second-order valence-electron chi connectivity index (χ2n) is 6.00. The minimum Gasteiger partial charge on any atom is -0.490 e. The van der Waals surface area contributed by atoms with E-state index >= 15 is 0 Å². The average Bonchev–Trinajstić information content (AvgIpc) is 3.32. The number of carbonyl (C=O) groups is 2. The number of aryl methyl sites for hydroxylation is 1. The van der Waals surface area contributed by atoms with Gasteiger partial charge in [0.25, 0.3) is 11.8 Å². The zero-order valence-electron chi connectivity index (χ0n) is 16.6. The number of nitrogens with one attached hydrogen (secondary N) is 1. The SMILES string of the molecule is CCOc1cc(/C=N\NC(=O)c2c(C)nnn2-c2nonc2N)ccc1OCC(N)=O. The van der Waals surface area contributed by atoms with Crippen molar-refractivity contribution >= 4 is 23.8 Å². The van der Waals surface area contributed by atoms with Gasteiger partial charge in [0, 0.05) is 0 Å². The van der Waals surface area contributed by atoms with Crippen molar-refractivity contribution in [3.8, 4) is 17.3 Å². The van der Waals surface area contributed by atoms with Crippen LogP contribution in [0.4, 0.5) is 5.82 Å². The highest BCUT2D eigenvalue weighted by molar-refractivity contribution is 5.94. The number of anilines is 1. The fourth-order valence-electron chi connectivity index (χ4n) is 2.46. The Morgan fingerprint density at radius 3 is 2.77 bits per heavy atom. The van der Waals surface area contributed by atoms with Crippen molar-refractivity contribution in [3.05, 3.63) is 35.2 Å². The van der Waals surface area contributed by atoms with Crippen molar-refractivity contribution < 1.29 is 23.7 Å². The average molecular weight is 429 g/mol. The number of amides is 2. The molecule has 5 N–H and O–H groups in total. The molecule has 2 aromatic heterocycles. The molecule has 0 atom stereocenters. The van der Waals surface area contributed by atoms with E-state index in [4.69, 9.17) is 20.9 Å². The lowest BCUT2D eigenvalue weighted by molar-refractivity contribution is -0.119. The zero-order valence-corrected chi connectivity index (χ0v) is 16.6. The Morgan fingerprint density at radius 2 is 2.10 bits per heavy atom. The number of aromatic nitrogens is 5. The second-order valence-corrected chi connectivity index (χ2v) is 6.00. The van der Waals surface area contributed by atoms with E-state index in [0.717, 1.165) is 4.68 Å². The van der Waals surface area contributed by atoms with Gasteiger partial charge in [0.1, 0.15) is 0 Å². The maximum absolute atomic E-state index is 12.6. The first-order valence-electron chi connectivity index (χ1n) is 8.92. The molecule has 2 heterocycles. The van der Waals surface area contributed by atoms with Gasteiger partial charge in [-0.1, -0.05) is 5.21 Å². The maximum atomic E-state index is 12.6. The molecular formula is C17H19N9O5. The highest BCUT2D eigenvalue weighted by Gasteiger charge is 2.22. The molecule has 0 aliphatic heterocycles. The zero-order chi connectivity index (χ0) is 22.4. The standard InChI is InChI=1S/C17H19N9O5/c1-3-29-12-6-10(4-5-11(12)30-8-13(18)27)7-20-22-17(28)14-9(2)21-25-26(14)16-15(19)23-31-24-16/h4-7H,3,8H2,1-2H3,(H2,18,27)(H2,19,23)(H,22,28)/b20-7-. The summed E-state index contributed by atoms with van der Waals surface area (Å²) in [6.45, 7) is 3.48. The number of carbonyl (C=O) groups excluding carboxylic acids is 2. The van der Waals surface area contributed by atoms with Crippen molar-refractivity contribution in [3.63, 3.8) is 0 Å². The van der Waals surface area contributed by atoms with Gasteiger partial charge in [0.2, 0.25) is 11.6 Å².